The zero-order valence-corrected chi connectivity index (χ0v) is 19.4. The summed E-state index contributed by atoms with van der Waals surface area (Å²) < 4.78 is 12.3. The molecule has 1 atom stereocenters. The second kappa shape index (κ2) is 9.01. The van der Waals surface area contributed by atoms with Gasteiger partial charge in [0.15, 0.2) is 0 Å². The van der Waals surface area contributed by atoms with Crippen LogP contribution in [0.15, 0.2) is 65.1 Å². The minimum absolute atomic E-state index is 0.0780. The number of allylic oxidation sites excluding steroid dienone is 2. The first-order valence-corrected chi connectivity index (χ1v) is 10.8. The van der Waals surface area contributed by atoms with Gasteiger partial charge in [-0.05, 0) is 38.1 Å². The smallest absolute Gasteiger partial charge is 0.336 e. The molecule has 2 aromatic rings. The van der Waals surface area contributed by atoms with Crippen LogP contribution < -0.4 is 5.32 Å². The van der Waals surface area contributed by atoms with Crippen LogP contribution in [-0.2, 0) is 26.1 Å². The Kier molecular flexibility index (Phi) is 6.10. The second-order valence-corrected chi connectivity index (χ2v) is 8.11. The number of benzene rings is 1. The highest BCUT2D eigenvalue weighted by Crippen LogP contribution is 2.39. The van der Waals surface area contributed by atoms with Crippen LogP contribution in [0, 0.1) is 0 Å². The van der Waals surface area contributed by atoms with E-state index < -0.39 is 29.7 Å². The molecule has 1 aromatic heterocycles. The summed E-state index contributed by atoms with van der Waals surface area (Å²) in [5, 5.41) is 3.07. The number of carbonyl (C=O) groups excluding carboxylic acids is 4. The fraction of sp³-hybridized carbons (Fsp3) is 0.280. The minimum atomic E-state index is -0.708. The highest BCUT2D eigenvalue weighted by atomic mass is 16.5. The standard InChI is InChI=1S/C25H25N3O6/c1-14-19(24(31)33-4)21(18-10-7-11-27(18)3)20(15(2)26-14)25(32)34-13-12-28-22(29)16-8-5-6-9-17(16)23(28)30/h5-11,21,26H,12-13H2,1-4H3. The monoisotopic (exact) mass is 463 g/mol. The van der Waals surface area contributed by atoms with E-state index in [1.165, 1.54) is 7.11 Å². The number of methoxy groups -OCH3 is 1. The quantitative estimate of drug-likeness (QED) is 0.517. The number of nitrogens with one attached hydrogen (secondary N) is 1. The van der Waals surface area contributed by atoms with Gasteiger partial charge in [-0.3, -0.25) is 14.5 Å². The molecule has 0 spiro atoms. The van der Waals surface area contributed by atoms with Crippen molar-refractivity contribution in [1.29, 1.82) is 0 Å². The molecule has 9 nitrogen and oxygen atoms in total. The zero-order chi connectivity index (χ0) is 24.6. The number of hydrogen-bond donors (Lipinski definition) is 1. The minimum Gasteiger partial charge on any atom is -0.466 e. The third kappa shape index (κ3) is 3.79. The molecule has 1 unspecified atom stereocenters. The number of aryl methyl sites for hydroxylation is 1. The Labute approximate surface area is 196 Å². The zero-order valence-electron chi connectivity index (χ0n) is 19.4. The van der Waals surface area contributed by atoms with Crippen molar-refractivity contribution >= 4 is 23.8 Å². The van der Waals surface area contributed by atoms with Gasteiger partial charge in [-0.15, -0.1) is 0 Å². The van der Waals surface area contributed by atoms with Crippen molar-refractivity contribution in [2.75, 3.05) is 20.3 Å². The number of aromatic nitrogens is 1. The van der Waals surface area contributed by atoms with Crippen LogP contribution in [0.5, 0.6) is 0 Å². The van der Waals surface area contributed by atoms with E-state index in [9.17, 15) is 19.2 Å². The lowest BCUT2D eigenvalue weighted by Crippen LogP contribution is -2.35. The van der Waals surface area contributed by atoms with Crippen molar-refractivity contribution in [3.63, 3.8) is 0 Å². The van der Waals surface area contributed by atoms with Gasteiger partial charge in [0.05, 0.1) is 41.8 Å². The molecule has 9 heteroatoms. The fourth-order valence-corrected chi connectivity index (χ4v) is 4.46. The molecule has 0 bridgehead atoms. The van der Waals surface area contributed by atoms with Crippen LogP contribution in [-0.4, -0.2) is 53.5 Å². The summed E-state index contributed by atoms with van der Waals surface area (Å²) >= 11 is 0. The summed E-state index contributed by atoms with van der Waals surface area (Å²) in [4.78, 5) is 52.1. The van der Waals surface area contributed by atoms with E-state index in [-0.39, 0.29) is 18.7 Å². The molecule has 0 saturated carbocycles. The van der Waals surface area contributed by atoms with Gasteiger partial charge >= 0.3 is 11.9 Å². The lowest BCUT2D eigenvalue weighted by Gasteiger charge is -2.30. The van der Waals surface area contributed by atoms with E-state index in [1.54, 1.807) is 38.1 Å². The molecule has 2 aliphatic rings. The van der Waals surface area contributed by atoms with Crippen molar-refractivity contribution < 1.29 is 28.7 Å². The molecule has 3 heterocycles. The molecule has 1 aromatic carbocycles. The molecule has 0 aliphatic carbocycles. The third-order valence-corrected chi connectivity index (χ3v) is 6.09. The first-order chi connectivity index (χ1) is 16.3. The van der Waals surface area contributed by atoms with Gasteiger partial charge in [0, 0.05) is 30.3 Å². The Morgan fingerprint density at radius 1 is 0.941 bits per heavy atom. The van der Waals surface area contributed by atoms with E-state index in [4.69, 9.17) is 9.47 Å². The molecule has 34 heavy (non-hydrogen) atoms. The Morgan fingerprint density at radius 2 is 1.53 bits per heavy atom. The number of ether oxygens (including phenoxy) is 2. The number of rotatable bonds is 6. The van der Waals surface area contributed by atoms with Crippen LogP contribution in [0.3, 0.4) is 0 Å². The first kappa shape index (κ1) is 23.0. The Hall–Kier alpha value is -4.14. The van der Waals surface area contributed by atoms with Gasteiger partial charge < -0.3 is 19.4 Å². The molecule has 0 fully saturated rings. The average Bonchev–Trinajstić information content (AvgIpc) is 3.34. The Bertz CT molecular complexity index is 1230. The molecular formula is C25H25N3O6. The summed E-state index contributed by atoms with van der Waals surface area (Å²) in [6.07, 6.45) is 1.82. The number of dihydropyridines is 1. The maximum atomic E-state index is 13.3. The number of nitrogens with zero attached hydrogens (tertiary/aromatic N) is 2. The summed E-state index contributed by atoms with van der Waals surface area (Å²) in [5.41, 5.74) is 3.08. The van der Waals surface area contributed by atoms with Gasteiger partial charge in [-0.2, -0.15) is 0 Å². The molecular weight excluding hydrogens is 438 g/mol. The van der Waals surface area contributed by atoms with Crippen molar-refractivity contribution in [2.24, 2.45) is 7.05 Å². The van der Waals surface area contributed by atoms with Crippen molar-refractivity contribution in [2.45, 2.75) is 19.8 Å². The molecule has 2 amide bonds. The topological polar surface area (TPSA) is 107 Å². The van der Waals surface area contributed by atoms with Crippen molar-refractivity contribution in [3.8, 4) is 0 Å². The summed E-state index contributed by atoms with van der Waals surface area (Å²) in [6.45, 7) is 3.22. The van der Waals surface area contributed by atoms with Crippen molar-refractivity contribution in [3.05, 3.63) is 82.0 Å². The number of esters is 2. The van der Waals surface area contributed by atoms with E-state index in [1.807, 2.05) is 29.9 Å². The lowest BCUT2D eigenvalue weighted by atomic mass is 9.83. The first-order valence-electron chi connectivity index (χ1n) is 10.8. The number of fused-ring (bicyclic) bond motifs is 1. The number of amides is 2. The van der Waals surface area contributed by atoms with Gasteiger partial charge in [-0.25, -0.2) is 9.59 Å². The van der Waals surface area contributed by atoms with E-state index >= 15 is 0 Å². The van der Waals surface area contributed by atoms with Gasteiger partial charge in [0.2, 0.25) is 0 Å². The van der Waals surface area contributed by atoms with E-state index in [0.29, 0.717) is 33.8 Å². The van der Waals surface area contributed by atoms with Crippen LogP contribution >= 0.6 is 0 Å². The summed E-state index contributed by atoms with van der Waals surface area (Å²) in [6, 6.07) is 10.2. The van der Waals surface area contributed by atoms with Gasteiger partial charge in [-0.1, -0.05) is 12.1 Å². The van der Waals surface area contributed by atoms with Crippen LogP contribution in [0.1, 0.15) is 46.2 Å². The highest BCUT2D eigenvalue weighted by Gasteiger charge is 2.39. The van der Waals surface area contributed by atoms with E-state index in [2.05, 4.69) is 5.32 Å². The van der Waals surface area contributed by atoms with E-state index in [0.717, 1.165) is 4.90 Å². The SMILES string of the molecule is COC(=O)C1=C(C)NC(C)=C(C(=O)OCCN2C(=O)c3ccccc3C2=O)C1c1cccn1C. The molecule has 176 valence electrons. The van der Waals surface area contributed by atoms with Crippen LogP contribution in [0.25, 0.3) is 0 Å². The average molecular weight is 463 g/mol. The summed E-state index contributed by atoms with van der Waals surface area (Å²) in [7, 11) is 3.11. The Morgan fingerprint density at radius 3 is 2.06 bits per heavy atom. The lowest BCUT2D eigenvalue weighted by molar-refractivity contribution is -0.139. The fourth-order valence-electron chi connectivity index (χ4n) is 4.46. The maximum Gasteiger partial charge on any atom is 0.336 e. The second-order valence-electron chi connectivity index (χ2n) is 8.11. The molecule has 1 N–H and O–H groups in total. The van der Waals surface area contributed by atoms with Crippen LogP contribution in [0.2, 0.25) is 0 Å². The van der Waals surface area contributed by atoms with Crippen LogP contribution in [0.4, 0.5) is 0 Å². The normalized spacial score (nSPS) is 17.6. The molecule has 0 saturated heterocycles. The third-order valence-electron chi connectivity index (χ3n) is 6.09. The molecule has 4 rings (SSSR count). The van der Waals surface area contributed by atoms with Crippen molar-refractivity contribution in [1.82, 2.24) is 14.8 Å². The largest absolute Gasteiger partial charge is 0.466 e. The maximum absolute atomic E-state index is 13.3. The van der Waals surface area contributed by atoms with Gasteiger partial charge in [0.1, 0.15) is 6.61 Å². The molecule has 2 aliphatic heterocycles. The Balaban J connectivity index is 1.55. The number of carbonyl (C=O) groups is 4. The highest BCUT2D eigenvalue weighted by molar-refractivity contribution is 6.21. The predicted molar refractivity (Wildman–Crippen MR) is 121 cm³/mol. The van der Waals surface area contributed by atoms with Gasteiger partial charge in [0.25, 0.3) is 11.8 Å². The number of hydrogen-bond acceptors (Lipinski definition) is 7. The molecule has 0 radical (unpaired) electrons. The predicted octanol–water partition coefficient (Wildman–Crippen LogP) is 2.27. The number of imide groups is 1. The summed E-state index contributed by atoms with van der Waals surface area (Å²) in [5.74, 6) is -2.75.